The second-order valence-corrected chi connectivity index (χ2v) is 15.6. The van der Waals surface area contributed by atoms with Crippen LogP contribution in [0.3, 0.4) is 0 Å². The summed E-state index contributed by atoms with van der Waals surface area (Å²) in [6.45, 7) is 13.0. The largest absolute Gasteiger partial charge is 0.390 e. The first-order chi connectivity index (χ1) is 19.5. The van der Waals surface area contributed by atoms with Crippen molar-refractivity contribution in [2.75, 3.05) is 0 Å². The monoisotopic (exact) mass is 578 g/mol. The summed E-state index contributed by atoms with van der Waals surface area (Å²) in [5.74, 6) is 0.712. The molecule has 2 aliphatic carbocycles. The lowest BCUT2D eigenvalue weighted by Crippen LogP contribution is -2.72. The lowest BCUT2D eigenvalue weighted by molar-refractivity contribution is -0.573. The lowest BCUT2D eigenvalue weighted by atomic mass is 9.56. The first kappa shape index (κ1) is 28.1. The molecule has 4 bridgehead atoms. The van der Waals surface area contributed by atoms with E-state index in [4.69, 9.17) is 38.5 Å². The molecule has 8 aliphatic heterocycles. The summed E-state index contributed by atoms with van der Waals surface area (Å²) in [5, 5.41) is 11.9. The van der Waals surface area contributed by atoms with Crippen molar-refractivity contribution in [3.63, 3.8) is 0 Å². The molecule has 9 heteroatoms. The molecule has 10 aliphatic rings. The Morgan fingerprint density at radius 2 is 1.15 bits per heavy atom. The Morgan fingerprint density at radius 1 is 0.634 bits per heavy atom. The van der Waals surface area contributed by atoms with E-state index in [1.165, 1.54) is 0 Å². The van der Waals surface area contributed by atoms with E-state index in [2.05, 4.69) is 27.7 Å². The van der Waals surface area contributed by atoms with Gasteiger partial charge in [0.2, 0.25) is 11.6 Å². The van der Waals surface area contributed by atoms with Gasteiger partial charge in [-0.1, -0.05) is 27.7 Å². The molecule has 2 spiro atoms. The van der Waals surface area contributed by atoms with Gasteiger partial charge in [0, 0.05) is 31.1 Å². The van der Waals surface area contributed by atoms with Gasteiger partial charge in [-0.2, -0.15) is 0 Å². The zero-order valence-corrected chi connectivity index (χ0v) is 25.6. The number of ether oxygens (including phenoxy) is 4. The molecule has 0 unspecified atom stereocenters. The Bertz CT molecular complexity index is 1040. The zero-order valence-electron chi connectivity index (χ0n) is 25.6. The molecule has 232 valence electrons. The van der Waals surface area contributed by atoms with Gasteiger partial charge in [-0.15, -0.1) is 0 Å². The molecule has 2 saturated carbocycles. The molecule has 0 radical (unpaired) electrons. The molecule has 10 fully saturated rings. The van der Waals surface area contributed by atoms with Gasteiger partial charge >= 0.3 is 0 Å². The minimum Gasteiger partial charge on any atom is -0.390 e. The Labute approximate surface area is 244 Å². The van der Waals surface area contributed by atoms with Gasteiger partial charge in [0.05, 0.1) is 18.3 Å². The normalized spacial score (nSPS) is 61.8. The minimum absolute atomic E-state index is 0.0804. The van der Waals surface area contributed by atoms with E-state index in [0.717, 1.165) is 51.4 Å². The third-order valence-electron chi connectivity index (χ3n) is 13.4. The van der Waals surface area contributed by atoms with Crippen LogP contribution >= 0.6 is 0 Å². The number of hydrogen-bond acceptors (Lipinski definition) is 9. The van der Waals surface area contributed by atoms with Crippen LogP contribution in [0.1, 0.15) is 99.3 Å². The van der Waals surface area contributed by atoms with Crippen molar-refractivity contribution in [1.82, 2.24) is 0 Å². The van der Waals surface area contributed by atoms with Crippen LogP contribution in [-0.4, -0.2) is 58.8 Å². The number of aliphatic hydroxyl groups is 1. The Morgan fingerprint density at radius 3 is 1.71 bits per heavy atom. The Hall–Kier alpha value is -0.360. The third kappa shape index (κ3) is 3.80. The fourth-order valence-corrected chi connectivity index (χ4v) is 11.0. The van der Waals surface area contributed by atoms with Gasteiger partial charge in [0.15, 0.2) is 23.8 Å². The van der Waals surface area contributed by atoms with E-state index in [1.54, 1.807) is 0 Å². The van der Waals surface area contributed by atoms with E-state index in [-0.39, 0.29) is 35.9 Å². The van der Waals surface area contributed by atoms with E-state index < -0.39 is 41.5 Å². The van der Waals surface area contributed by atoms with Crippen molar-refractivity contribution >= 4 is 0 Å². The van der Waals surface area contributed by atoms with Crippen LogP contribution < -0.4 is 0 Å². The highest BCUT2D eigenvalue weighted by Crippen LogP contribution is 2.63. The predicted octanol–water partition coefficient (Wildman–Crippen LogP) is 5.24. The Kier molecular flexibility index (Phi) is 6.40. The smallest absolute Gasteiger partial charge is 0.201 e. The fraction of sp³-hybridized carbons (Fsp3) is 1.00. The number of rotatable bonds is 3. The summed E-state index contributed by atoms with van der Waals surface area (Å²) >= 11 is 0. The van der Waals surface area contributed by atoms with E-state index in [0.29, 0.717) is 30.1 Å². The van der Waals surface area contributed by atoms with Gasteiger partial charge in [-0.25, -0.2) is 19.6 Å². The average molecular weight is 579 g/mol. The van der Waals surface area contributed by atoms with E-state index >= 15 is 0 Å². The SMILES string of the molecule is C[C@H]1[C@@H]([C@H](O)C[C@H]2O[C@@H]3O[C@]4(C)CC[C@H]5[C@H](C)CC[C@@H]([C@H]2C)[C@@]35OO4)O[C@@H]2O[C@]3(C)CC[C@H]4[C@H](C)CC[C@@H]1[C@@]24OO3. The van der Waals surface area contributed by atoms with Crippen molar-refractivity contribution < 1.29 is 43.6 Å². The summed E-state index contributed by atoms with van der Waals surface area (Å²) < 4.78 is 26.7. The van der Waals surface area contributed by atoms with Crippen LogP contribution in [0.5, 0.6) is 0 Å². The molecule has 0 aromatic heterocycles. The van der Waals surface area contributed by atoms with Gasteiger partial charge in [0.25, 0.3) is 0 Å². The maximum Gasteiger partial charge on any atom is 0.201 e. The second-order valence-electron chi connectivity index (χ2n) is 15.6. The van der Waals surface area contributed by atoms with Crippen LogP contribution in [0.15, 0.2) is 0 Å². The predicted molar refractivity (Wildman–Crippen MR) is 144 cm³/mol. The van der Waals surface area contributed by atoms with Crippen LogP contribution in [0.25, 0.3) is 0 Å². The van der Waals surface area contributed by atoms with Crippen molar-refractivity contribution in [3.05, 3.63) is 0 Å². The van der Waals surface area contributed by atoms with Gasteiger partial charge < -0.3 is 24.1 Å². The van der Waals surface area contributed by atoms with Crippen molar-refractivity contribution in [2.24, 2.45) is 47.3 Å². The highest BCUT2D eigenvalue weighted by molar-refractivity contribution is 5.12. The molecular formula is C32H50O9. The molecule has 9 nitrogen and oxygen atoms in total. The van der Waals surface area contributed by atoms with E-state index in [9.17, 15) is 5.11 Å². The van der Waals surface area contributed by atoms with E-state index in [1.807, 2.05) is 13.8 Å². The zero-order chi connectivity index (χ0) is 28.5. The van der Waals surface area contributed by atoms with Gasteiger partial charge in [0.1, 0.15) is 0 Å². The maximum absolute atomic E-state index is 11.9. The fourth-order valence-electron chi connectivity index (χ4n) is 11.0. The van der Waals surface area contributed by atoms with Crippen LogP contribution in [0, 0.1) is 47.3 Å². The molecule has 17 atom stereocenters. The molecule has 0 aromatic rings. The highest BCUT2D eigenvalue weighted by atomic mass is 17.3. The molecule has 8 heterocycles. The standard InChI is InChI=1S/C32H50O9/c1-16-7-9-22-18(3)25(34-27-31(22)20(16)11-13-29(5,36-27)38-40-31)15-24(33)26-19(4)23-10-8-17(2)21-12-14-30(6)37-28(35-26)32(21,23)41-39-30/h16-28,33H,7-15H2,1-6H3/t16-,17-,18-,19-,20+,21+,22+,23+,24-,25-,26+,27-,28-,29+,30+,31-,32-/m1/s1. The maximum atomic E-state index is 11.9. The van der Waals surface area contributed by atoms with Crippen molar-refractivity contribution in [3.8, 4) is 0 Å². The second kappa shape index (κ2) is 9.33. The molecular weight excluding hydrogens is 528 g/mol. The van der Waals surface area contributed by atoms with Crippen molar-refractivity contribution in [1.29, 1.82) is 0 Å². The molecule has 41 heavy (non-hydrogen) atoms. The third-order valence-corrected chi connectivity index (χ3v) is 13.4. The summed E-state index contributed by atoms with van der Waals surface area (Å²) in [6.07, 6.45) is 6.07. The summed E-state index contributed by atoms with van der Waals surface area (Å²) in [6, 6.07) is 0. The first-order valence-electron chi connectivity index (χ1n) is 16.6. The van der Waals surface area contributed by atoms with Crippen LogP contribution in [0.4, 0.5) is 0 Å². The van der Waals surface area contributed by atoms with Crippen LogP contribution in [0.2, 0.25) is 0 Å². The van der Waals surface area contributed by atoms with Gasteiger partial charge in [-0.05, 0) is 87.9 Å². The molecule has 0 amide bonds. The molecule has 10 rings (SSSR count). The molecule has 0 aromatic carbocycles. The minimum atomic E-state index is -0.827. The van der Waals surface area contributed by atoms with Gasteiger partial charge in [-0.3, -0.25) is 0 Å². The number of hydrogen-bond donors (Lipinski definition) is 1. The lowest BCUT2D eigenvalue weighted by Gasteiger charge is -2.62. The average Bonchev–Trinajstić information content (AvgIpc) is 3.31. The topological polar surface area (TPSA) is 94.1 Å². The quantitative estimate of drug-likeness (QED) is 0.451. The summed E-state index contributed by atoms with van der Waals surface area (Å²) in [4.78, 5) is 24.6. The van der Waals surface area contributed by atoms with Crippen molar-refractivity contribution in [2.45, 2.75) is 153 Å². The molecule has 1 N–H and O–H groups in total. The number of fused-ring (bicyclic) bond motifs is 4. The highest BCUT2D eigenvalue weighted by Gasteiger charge is 2.71. The summed E-state index contributed by atoms with van der Waals surface area (Å²) in [5.41, 5.74) is -1.22. The number of aliphatic hydroxyl groups excluding tert-OH is 1. The first-order valence-corrected chi connectivity index (χ1v) is 16.6. The summed E-state index contributed by atoms with van der Waals surface area (Å²) in [7, 11) is 0. The Balaban J connectivity index is 1.06. The molecule has 8 saturated heterocycles. The van der Waals surface area contributed by atoms with Crippen LogP contribution in [-0.2, 0) is 38.5 Å².